The molecule has 0 aromatic heterocycles. The average molecular weight is 539 g/mol. The fraction of sp³-hybridized carbons (Fsp3) is 0.538. The highest BCUT2D eigenvalue weighted by Gasteiger charge is 2.49. The zero-order chi connectivity index (χ0) is 27.6. The fourth-order valence-corrected chi connectivity index (χ4v) is 4.95. The molecule has 0 bridgehead atoms. The second-order valence-corrected chi connectivity index (χ2v) is 9.53. The third kappa shape index (κ3) is 5.40. The zero-order valence-electron chi connectivity index (χ0n) is 21.0. The van der Waals surface area contributed by atoms with Gasteiger partial charge in [-0.3, -0.25) is 0 Å². The normalized spacial score (nSPS) is 33.2. The number of benzene rings is 2. The van der Waals surface area contributed by atoms with Crippen LogP contribution in [0.5, 0.6) is 23.0 Å². The quantitative estimate of drug-likeness (QED) is 0.212. The lowest BCUT2D eigenvalue weighted by Gasteiger charge is -2.39. The molecule has 2 aliphatic heterocycles. The first-order chi connectivity index (χ1) is 18.1. The number of hydrogen-bond donors (Lipinski definition) is 7. The number of phenols is 1. The Morgan fingerprint density at radius 2 is 1.63 bits per heavy atom. The number of phenolic OH excluding ortho intramolecular Hbond substituents is 1. The van der Waals surface area contributed by atoms with Gasteiger partial charge in [0.2, 0.25) is 6.29 Å². The predicted octanol–water partition coefficient (Wildman–Crippen LogP) is -0.758. The van der Waals surface area contributed by atoms with Gasteiger partial charge in [-0.15, -0.1) is 0 Å². The van der Waals surface area contributed by atoms with Gasteiger partial charge in [-0.1, -0.05) is 12.1 Å². The Labute approximate surface area is 219 Å². The summed E-state index contributed by atoms with van der Waals surface area (Å²) < 4.78 is 27.6. The third-order valence-electron chi connectivity index (χ3n) is 7.13. The van der Waals surface area contributed by atoms with Crippen LogP contribution in [-0.2, 0) is 15.9 Å². The van der Waals surface area contributed by atoms with Crippen molar-refractivity contribution in [2.75, 3.05) is 34.0 Å². The Hall–Kier alpha value is -2.68. The van der Waals surface area contributed by atoms with Crippen LogP contribution in [0.25, 0.3) is 0 Å². The van der Waals surface area contributed by atoms with Crippen LogP contribution in [0.3, 0.4) is 0 Å². The van der Waals surface area contributed by atoms with Crippen molar-refractivity contribution in [1.29, 1.82) is 0 Å². The van der Waals surface area contributed by atoms with Crippen molar-refractivity contribution >= 4 is 0 Å². The Morgan fingerprint density at radius 3 is 2.29 bits per heavy atom. The second kappa shape index (κ2) is 11.6. The number of aromatic hydroxyl groups is 1. The van der Waals surface area contributed by atoms with E-state index in [1.54, 1.807) is 24.3 Å². The number of ether oxygens (including phenoxy) is 5. The standard InChI is InChI=1S/C26H34O12/c1-34-18-8-14(4-5-16(18)29)24-15(10-27)26(33,12-36-24)9-13-3-6-17(19(7-13)35-2)37-25-23(32)22(31)21(30)20(11-28)38-25/h3-8,15,20-25,27-33H,9-12H2,1-2H3/t15-,20+,21+,22-,23+,24-,25+,26-/m0/s1. The molecular weight excluding hydrogens is 504 g/mol. The van der Waals surface area contributed by atoms with Crippen LogP contribution >= 0.6 is 0 Å². The van der Waals surface area contributed by atoms with Crippen molar-refractivity contribution in [3.8, 4) is 23.0 Å². The molecule has 2 heterocycles. The molecular formula is C26H34O12. The number of aliphatic hydroxyl groups is 6. The Balaban J connectivity index is 1.52. The van der Waals surface area contributed by atoms with E-state index in [0.29, 0.717) is 11.1 Å². The molecule has 0 amide bonds. The van der Waals surface area contributed by atoms with Gasteiger partial charge in [-0.2, -0.15) is 0 Å². The van der Waals surface area contributed by atoms with Crippen LogP contribution in [0.4, 0.5) is 0 Å². The third-order valence-corrected chi connectivity index (χ3v) is 7.13. The van der Waals surface area contributed by atoms with E-state index in [1.165, 1.54) is 26.4 Å². The molecule has 0 saturated carbocycles. The summed E-state index contributed by atoms with van der Waals surface area (Å²) in [6, 6.07) is 9.51. The summed E-state index contributed by atoms with van der Waals surface area (Å²) in [6.45, 7) is -1.01. The molecule has 12 heteroatoms. The number of aliphatic hydroxyl groups excluding tert-OH is 5. The molecule has 12 nitrogen and oxygen atoms in total. The van der Waals surface area contributed by atoms with E-state index in [9.17, 15) is 35.7 Å². The molecule has 0 spiro atoms. The van der Waals surface area contributed by atoms with Gasteiger partial charge in [0.1, 0.15) is 24.4 Å². The van der Waals surface area contributed by atoms with E-state index >= 15 is 0 Å². The molecule has 2 saturated heterocycles. The molecule has 2 fully saturated rings. The summed E-state index contributed by atoms with van der Waals surface area (Å²) >= 11 is 0. The molecule has 2 aromatic carbocycles. The number of rotatable bonds is 9. The van der Waals surface area contributed by atoms with Gasteiger partial charge < -0.3 is 59.4 Å². The van der Waals surface area contributed by atoms with Crippen LogP contribution in [0.2, 0.25) is 0 Å². The van der Waals surface area contributed by atoms with Gasteiger partial charge >= 0.3 is 0 Å². The van der Waals surface area contributed by atoms with Crippen LogP contribution < -0.4 is 14.2 Å². The highest BCUT2D eigenvalue weighted by atomic mass is 16.7. The molecule has 0 radical (unpaired) electrons. The molecule has 7 N–H and O–H groups in total. The van der Waals surface area contributed by atoms with Crippen LogP contribution in [0, 0.1) is 5.92 Å². The monoisotopic (exact) mass is 538 g/mol. The largest absolute Gasteiger partial charge is 0.504 e. The summed E-state index contributed by atoms with van der Waals surface area (Å²) in [7, 11) is 2.82. The predicted molar refractivity (Wildman–Crippen MR) is 130 cm³/mol. The molecule has 4 rings (SSSR count). The van der Waals surface area contributed by atoms with E-state index in [2.05, 4.69) is 0 Å². The summed E-state index contributed by atoms with van der Waals surface area (Å²) in [4.78, 5) is 0. The van der Waals surface area contributed by atoms with Gasteiger partial charge in [0, 0.05) is 12.3 Å². The highest BCUT2D eigenvalue weighted by molar-refractivity contribution is 5.45. The summed E-state index contributed by atoms with van der Waals surface area (Å²) in [5.41, 5.74) is -0.165. The van der Waals surface area contributed by atoms with E-state index in [1.807, 2.05) is 0 Å². The first kappa shape index (κ1) is 28.3. The summed E-state index contributed by atoms with van der Waals surface area (Å²) in [5.74, 6) is -0.0840. The first-order valence-corrected chi connectivity index (χ1v) is 12.1. The zero-order valence-corrected chi connectivity index (χ0v) is 21.0. The van der Waals surface area contributed by atoms with Crippen molar-refractivity contribution < 1.29 is 59.4 Å². The molecule has 2 aromatic rings. The van der Waals surface area contributed by atoms with Crippen molar-refractivity contribution in [3.05, 3.63) is 47.5 Å². The van der Waals surface area contributed by atoms with Crippen LogP contribution in [-0.4, -0.2) is 106 Å². The maximum Gasteiger partial charge on any atom is 0.229 e. The van der Waals surface area contributed by atoms with Gasteiger partial charge in [0.25, 0.3) is 0 Å². The molecule has 8 atom stereocenters. The maximum absolute atomic E-state index is 11.5. The SMILES string of the molecule is COc1cc([C@@H]2OC[C@@](O)(Cc3ccc(O[C@@H]4O[C@H](CO)[C@@H](O)[C@H](O)[C@H]4O)c(OC)c3)[C@H]2CO)ccc1O. The molecule has 0 unspecified atom stereocenters. The Morgan fingerprint density at radius 1 is 0.895 bits per heavy atom. The lowest BCUT2D eigenvalue weighted by atomic mass is 9.80. The maximum atomic E-state index is 11.5. The highest BCUT2D eigenvalue weighted by Crippen LogP contribution is 2.44. The second-order valence-electron chi connectivity index (χ2n) is 9.53. The fourth-order valence-electron chi connectivity index (χ4n) is 4.95. The van der Waals surface area contributed by atoms with Crippen molar-refractivity contribution in [3.63, 3.8) is 0 Å². The smallest absolute Gasteiger partial charge is 0.229 e. The average Bonchev–Trinajstić information content (AvgIpc) is 3.25. The minimum Gasteiger partial charge on any atom is -0.504 e. The summed E-state index contributed by atoms with van der Waals surface area (Å²) in [6.07, 6.45) is -7.76. The van der Waals surface area contributed by atoms with E-state index in [4.69, 9.17) is 23.7 Å². The van der Waals surface area contributed by atoms with Crippen molar-refractivity contribution in [1.82, 2.24) is 0 Å². The van der Waals surface area contributed by atoms with E-state index < -0.39 is 54.9 Å². The van der Waals surface area contributed by atoms with Gasteiger partial charge in [-0.05, 0) is 35.4 Å². The minimum absolute atomic E-state index is 0.0387. The molecule has 38 heavy (non-hydrogen) atoms. The van der Waals surface area contributed by atoms with Gasteiger partial charge in [-0.25, -0.2) is 0 Å². The van der Waals surface area contributed by atoms with Crippen molar-refractivity contribution in [2.24, 2.45) is 5.92 Å². The lowest BCUT2D eigenvalue weighted by molar-refractivity contribution is -0.277. The minimum atomic E-state index is -1.59. The van der Waals surface area contributed by atoms with Crippen LogP contribution in [0.1, 0.15) is 17.2 Å². The van der Waals surface area contributed by atoms with Gasteiger partial charge in [0.05, 0.1) is 45.7 Å². The number of hydrogen-bond acceptors (Lipinski definition) is 12. The van der Waals surface area contributed by atoms with Crippen molar-refractivity contribution in [2.45, 2.75) is 48.8 Å². The van der Waals surface area contributed by atoms with Crippen LogP contribution in [0.15, 0.2) is 36.4 Å². The molecule has 0 aliphatic carbocycles. The molecule has 210 valence electrons. The van der Waals surface area contributed by atoms with Gasteiger partial charge in [0.15, 0.2) is 23.0 Å². The van der Waals surface area contributed by atoms with E-state index in [-0.39, 0.29) is 42.6 Å². The molecule has 2 aliphatic rings. The Bertz CT molecular complexity index is 1090. The Kier molecular flexibility index (Phi) is 8.65. The lowest BCUT2D eigenvalue weighted by Crippen LogP contribution is -2.60. The number of methoxy groups -OCH3 is 2. The summed E-state index contributed by atoms with van der Waals surface area (Å²) in [5, 5.41) is 71.2. The topological polar surface area (TPSA) is 188 Å². The van der Waals surface area contributed by atoms with E-state index in [0.717, 1.165) is 0 Å². The first-order valence-electron chi connectivity index (χ1n) is 12.1.